The number of ether oxygens (including phenoxy) is 1. The minimum Gasteiger partial charge on any atom is -0.495 e. The minimum atomic E-state index is -0.836. The second-order valence-electron chi connectivity index (χ2n) is 5.09. The summed E-state index contributed by atoms with van der Waals surface area (Å²) in [6, 6.07) is 12.7. The number of nitrogens with one attached hydrogen (secondary N) is 2. The molecule has 2 aromatic carbocycles. The molecule has 2 aromatic rings. The number of nitrogens with two attached hydrogens (primary N) is 1. The van der Waals surface area contributed by atoms with Crippen LogP contribution in [0.3, 0.4) is 0 Å². The zero-order valence-electron chi connectivity index (χ0n) is 13.1. The van der Waals surface area contributed by atoms with Gasteiger partial charge in [0.1, 0.15) is 11.8 Å². The molecule has 0 aliphatic rings. The number of amides is 3. The number of hydrogen-bond acceptors (Lipinski definition) is 3. The largest absolute Gasteiger partial charge is 0.495 e. The third-order valence-corrected chi connectivity index (χ3v) is 3.58. The first kappa shape index (κ1) is 17.6. The SMILES string of the molecule is COc1ccc(Cl)cc1NC(=O)N[C@@H](Cc1ccccc1)C(N)=O. The topological polar surface area (TPSA) is 93.4 Å². The van der Waals surface area contributed by atoms with E-state index in [1.165, 1.54) is 7.11 Å². The molecule has 0 unspecified atom stereocenters. The Morgan fingerprint density at radius 2 is 1.92 bits per heavy atom. The molecular weight excluding hydrogens is 330 g/mol. The number of rotatable bonds is 6. The van der Waals surface area contributed by atoms with E-state index >= 15 is 0 Å². The van der Waals surface area contributed by atoms with Gasteiger partial charge in [-0.2, -0.15) is 0 Å². The first-order chi connectivity index (χ1) is 11.5. The van der Waals surface area contributed by atoms with Crippen molar-refractivity contribution in [2.45, 2.75) is 12.5 Å². The van der Waals surface area contributed by atoms with Gasteiger partial charge in [-0.1, -0.05) is 41.9 Å². The number of carbonyl (C=O) groups excluding carboxylic acids is 2. The van der Waals surface area contributed by atoms with Crippen molar-refractivity contribution in [3.05, 3.63) is 59.1 Å². The molecule has 0 saturated carbocycles. The highest BCUT2D eigenvalue weighted by atomic mass is 35.5. The van der Waals surface area contributed by atoms with E-state index in [1.807, 2.05) is 30.3 Å². The minimum absolute atomic E-state index is 0.302. The Labute approximate surface area is 144 Å². The van der Waals surface area contributed by atoms with Crippen molar-refractivity contribution in [2.24, 2.45) is 5.73 Å². The van der Waals surface area contributed by atoms with E-state index in [0.717, 1.165) is 5.56 Å². The monoisotopic (exact) mass is 347 g/mol. The molecule has 6 nitrogen and oxygen atoms in total. The van der Waals surface area contributed by atoms with E-state index in [9.17, 15) is 9.59 Å². The third kappa shape index (κ3) is 4.89. The van der Waals surface area contributed by atoms with Crippen molar-refractivity contribution in [3.8, 4) is 5.75 Å². The Bertz CT molecular complexity index is 722. The Kier molecular flexibility index (Phi) is 6.03. The summed E-state index contributed by atoms with van der Waals surface area (Å²) in [6.07, 6.45) is 0.302. The predicted octanol–water partition coefficient (Wildman–Crippen LogP) is 2.57. The molecule has 0 aliphatic heterocycles. The van der Waals surface area contributed by atoms with Crippen LogP contribution in [0, 0.1) is 0 Å². The molecule has 126 valence electrons. The number of primary amides is 1. The van der Waals surface area contributed by atoms with Crippen LogP contribution in [0.2, 0.25) is 5.02 Å². The summed E-state index contributed by atoms with van der Waals surface area (Å²) in [6.45, 7) is 0. The average Bonchev–Trinajstić information content (AvgIpc) is 2.55. The van der Waals surface area contributed by atoms with Gasteiger partial charge in [0, 0.05) is 11.4 Å². The van der Waals surface area contributed by atoms with Crippen LogP contribution in [0.1, 0.15) is 5.56 Å². The molecule has 7 heteroatoms. The van der Waals surface area contributed by atoms with Gasteiger partial charge in [-0.25, -0.2) is 4.79 Å². The molecule has 0 saturated heterocycles. The number of urea groups is 1. The van der Waals surface area contributed by atoms with E-state index < -0.39 is 18.0 Å². The second-order valence-corrected chi connectivity index (χ2v) is 5.52. The summed E-state index contributed by atoms with van der Waals surface area (Å²) in [7, 11) is 1.48. The molecule has 0 aliphatic carbocycles. The molecule has 1 atom stereocenters. The van der Waals surface area contributed by atoms with Crippen LogP contribution in [0.4, 0.5) is 10.5 Å². The maximum absolute atomic E-state index is 12.2. The molecule has 0 fully saturated rings. The lowest BCUT2D eigenvalue weighted by Gasteiger charge is -2.17. The number of halogens is 1. The van der Waals surface area contributed by atoms with Crippen LogP contribution in [-0.2, 0) is 11.2 Å². The molecule has 0 aromatic heterocycles. The van der Waals surface area contributed by atoms with E-state index in [4.69, 9.17) is 22.1 Å². The normalized spacial score (nSPS) is 11.4. The van der Waals surface area contributed by atoms with Crippen molar-refractivity contribution < 1.29 is 14.3 Å². The average molecular weight is 348 g/mol. The number of methoxy groups -OCH3 is 1. The van der Waals surface area contributed by atoms with Crippen LogP contribution in [0.25, 0.3) is 0 Å². The van der Waals surface area contributed by atoms with Crippen LogP contribution in [0.15, 0.2) is 48.5 Å². The number of hydrogen-bond donors (Lipinski definition) is 3. The van der Waals surface area contributed by atoms with Gasteiger partial charge in [-0.15, -0.1) is 0 Å². The Hall–Kier alpha value is -2.73. The highest BCUT2D eigenvalue weighted by molar-refractivity contribution is 6.31. The zero-order valence-corrected chi connectivity index (χ0v) is 13.8. The van der Waals surface area contributed by atoms with Gasteiger partial charge >= 0.3 is 6.03 Å². The summed E-state index contributed by atoms with van der Waals surface area (Å²) in [5, 5.41) is 5.61. The van der Waals surface area contributed by atoms with Crippen LogP contribution in [0.5, 0.6) is 5.75 Å². The van der Waals surface area contributed by atoms with Crippen LogP contribution >= 0.6 is 11.6 Å². The van der Waals surface area contributed by atoms with Crippen LogP contribution in [-0.4, -0.2) is 25.1 Å². The maximum atomic E-state index is 12.2. The van der Waals surface area contributed by atoms with Gasteiger partial charge in [0.05, 0.1) is 12.8 Å². The van der Waals surface area contributed by atoms with Gasteiger partial charge in [0.25, 0.3) is 0 Å². The maximum Gasteiger partial charge on any atom is 0.320 e. The second kappa shape index (κ2) is 8.21. The predicted molar refractivity (Wildman–Crippen MR) is 93.3 cm³/mol. The molecule has 0 bridgehead atoms. The summed E-state index contributed by atoms with van der Waals surface area (Å²) < 4.78 is 5.16. The van der Waals surface area contributed by atoms with Crippen molar-refractivity contribution in [1.82, 2.24) is 5.32 Å². The molecule has 24 heavy (non-hydrogen) atoms. The third-order valence-electron chi connectivity index (χ3n) is 3.34. The molecular formula is C17H18ClN3O3. The number of carbonyl (C=O) groups is 2. The number of benzene rings is 2. The van der Waals surface area contributed by atoms with E-state index in [1.54, 1.807) is 18.2 Å². The fourth-order valence-corrected chi connectivity index (χ4v) is 2.34. The summed E-state index contributed by atoms with van der Waals surface area (Å²) >= 11 is 5.92. The van der Waals surface area contributed by atoms with Crippen molar-refractivity contribution in [1.29, 1.82) is 0 Å². The Morgan fingerprint density at radius 1 is 1.21 bits per heavy atom. The smallest absolute Gasteiger partial charge is 0.320 e. The molecule has 4 N–H and O–H groups in total. The van der Waals surface area contributed by atoms with Crippen molar-refractivity contribution in [3.63, 3.8) is 0 Å². The fourth-order valence-electron chi connectivity index (χ4n) is 2.17. The van der Waals surface area contributed by atoms with Crippen molar-refractivity contribution >= 4 is 29.2 Å². The van der Waals surface area contributed by atoms with E-state index in [2.05, 4.69) is 10.6 Å². The van der Waals surface area contributed by atoms with Crippen LogP contribution < -0.4 is 21.1 Å². The molecule has 0 radical (unpaired) electrons. The Morgan fingerprint density at radius 3 is 2.54 bits per heavy atom. The van der Waals surface area contributed by atoms with Crippen molar-refractivity contribution in [2.75, 3.05) is 12.4 Å². The van der Waals surface area contributed by atoms with E-state index in [0.29, 0.717) is 22.9 Å². The fraction of sp³-hybridized carbons (Fsp3) is 0.176. The molecule has 3 amide bonds. The van der Waals surface area contributed by atoms with Gasteiger partial charge in [-0.3, -0.25) is 4.79 Å². The molecule has 0 spiro atoms. The lowest BCUT2D eigenvalue weighted by molar-refractivity contribution is -0.119. The highest BCUT2D eigenvalue weighted by Crippen LogP contribution is 2.27. The summed E-state index contributed by atoms with van der Waals surface area (Å²) in [5.41, 5.74) is 6.66. The van der Waals surface area contributed by atoms with E-state index in [-0.39, 0.29) is 0 Å². The summed E-state index contributed by atoms with van der Waals surface area (Å²) in [4.78, 5) is 23.8. The quantitative estimate of drug-likeness (QED) is 0.749. The molecule has 0 heterocycles. The first-order valence-electron chi connectivity index (χ1n) is 7.24. The lowest BCUT2D eigenvalue weighted by atomic mass is 10.1. The van der Waals surface area contributed by atoms with Gasteiger partial charge in [0.15, 0.2) is 0 Å². The zero-order chi connectivity index (χ0) is 17.5. The summed E-state index contributed by atoms with van der Waals surface area (Å²) in [5.74, 6) is -0.166. The lowest BCUT2D eigenvalue weighted by Crippen LogP contribution is -2.47. The highest BCUT2D eigenvalue weighted by Gasteiger charge is 2.19. The Balaban J connectivity index is 2.06. The first-order valence-corrected chi connectivity index (χ1v) is 7.61. The number of anilines is 1. The van der Waals surface area contributed by atoms with Gasteiger partial charge in [-0.05, 0) is 23.8 Å². The standard InChI is InChI=1S/C17H18ClN3O3/c1-24-15-8-7-12(18)10-13(15)20-17(23)21-14(16(19)22)9-11-5-3-2-4-6-11/h2-8,10,14H,9H2,1H3,(H2,19,22)(H2,20,21,23)/t14-/m0/s1. The van der Waals surface area contributed by atoms with Gasteiger partial charge in [0.2, 0.25) is 5.91 Å². The van der Waals surface area contributed by atoms with Gasteiger partial charge < -0.3 is 21.1 Å². The molecule has 2 rings (SSSR count).